The SMILES string of the molecule is Cc1cc(-c2oc(CN)nc2C)ccc1F. The zero-order valence-corrected chi connectivity index (χ0v) is 9.25. The van der Waals surface area contributed by atoms with E-state index in [1.165, 1.54) is 6.07 Å². The van der Waals surface area contributed by atoms with Gasteiger partial charge in [0.15, 0.2) is 5.76 Å². The second-order valence-corrected chi connectivity index (χ2v) is 3.69. The molecule has 0 unspecified atom stereocenters. The van der Waals surface area contributed by atoms with Crippen LogP contribution in [-0.4, -0.2) is 4.98 Å². The molecule has 0 aliphatic heterocycles. The molecule has 84 valence electrons. The lowest BCUT2D eigenvalue weighted by atomic mass is 10.1. The molecule has 0 atom stereocenters. The first-order valence-corrected chi connectivity index (χ1v) is 5.04. The van der Waals surface area contributed by atoms with Crippen LogP contribution in [0.4, 0.5) is 4.39 Å². The number of hydrogen-bond donors (Lipinski definition) is 1. The Labute approximate surface area is 93.1 Å². The number of benzene rings is 1. The molecule has 2 aromatic rings. The molecule has 0 spiro atoms. The predicted octanol–water partition coefficient (Wildman–Crippen LogP) is 2.56. The molecule has 0 bridgehead atoms. The number of oxazole rings is 1. The number of nitrogens with two attached hydrogens (primary N) is 1. The Morgan fingerprint density at radius 3 is 2.69 bits per heavy atom. The van der Waals surface area contributed by atoms with Crippen LogP contribution >= 0.6 is 0 Å². The van der Waals surface area contributed by atoms with Crippen molar-refractivity contribution in [1.29, 1.82) is 0 Å². The van der Waals surface area contributed by atoms with Gasteiger partial charge in [-0.1, -0.05) is 0 Å². The highest BCUT2D eigenvalue weighted by molar-refractivity contribution is 5.60. The minimum Gasteiger partial charge on any atom is -0.439 e. The molecular formula is C12H13FN2O. The van der Waals surface area contributed by atoms with Crippen LogP contribution in [0, 0.1) is 19.7 Å². The molecule has 0 fully saturated rings. The third-order valence-electron chi connectivity index (χ3n) is 2.44. The van der Waals surface area contributed by atoms with Crippen LogP contribution in [0.5, 0.6) is 0 Å². The summed E-state index contributed by atoms with van der Waals surface area (Å²) < 4.78 is 18.6. The van der Waals surface area contributed by atoms with Crippen molar-refractivity contribution in [1.82, 2.24) is 4.98 Å². The smallest absolute Gasteiger partial charge is 0.208 e. The van der Waals surface area contributed by atoms with Crippen molar-refractivity contribution >= 4 is 0 Å². The molecule has 3 nitrogen and oxygen atoms in total. The van der Waals surface area contributed by atoms with Crippen molar-refractivity contribution in [3.63, 3.8) is 0 Å². The Kier molecular flexibility index (Phi) is 2.75. The summed E-state index contributed by atoms with van der Waals surface area (Å²) >= 11 is 0. The quantitative estimate of drug-likeness (QED) is 0.846. The Hall–Kier alpha value is -1.68. The highest BCUT2D eigenvalue weighted by Gasteiger charge is 2.11. The highest BCUT2D eigenvalue weighted by Crippen LogP contribution is 2.25. The summed E-state index contributed by atoms with van der Waals surface area (Å²) in [6.07, 6.45) is 0. The summed E-state index contributed by atoms with van der Waals surface area (Å²) in [5.74, 6) is 0.929. The topological polar surface area (TPSA) is 52.0 Å². The fourth-order valence-corrected chi connectivity index (χ4v) is 1.59. The maximum Gasteiger partial charge on any atom is 0.208 e. The highest BCUT2D eigenvalue weighted by atomic mass is 19.1. The lowest BCUT2D eigenvalue weighted by molar-refractivity contribution is 0.509. The van der Waals surface area contributed by atoms with Crippen LogP contribution in [0.15, 0.2) is 22.6 Å². The monoisotopic (exact) mass is 220 g/mol. The van der Waals surface area contributed by atoms with E-state index in [1.54, 1.807) is 19.1 Å². The molecule has 4 heteroatoms. The molecule has 0 saturated carbocycles. The van der Waals surface area contributed by atoms with E-state index >= 15 is 0 Å². The standard InChI is InChI=1S/C12H13FN2O/c1-7-5-9(3-4-10(7)13)12-8(2)15-11(6-14)16-12/h3-5H,6,14H2,1-2H3. The molecular weight excluding hydrogens is 207 g/mol. The number of hydrogen-bond acceptors (Lipinski definition) is 3. The minimum absolute atomic E-state index is 0.222. The van der Waals surface area contributed by atoms with E-state index < -0.39 is 0 Å². The minimum atomic E-state index is -0.222. The van der Waals surface area contributed by atoms with Crippen molar-refractivity contribution in [3.05, 3.63) is 41.2 Å². The van der Waals surface area contributed by atoms with Crippen molar-refractivity contribution < 1.29 is 8.81 Å². The summed E-state index contributed by atoms with van der Waals surface area (Å²) in [5.41, 5.74) is 7.63. The molecule has 0 aliphatic rings. The van der Waals surface area contributed by atoms with Gasteiger partial charge in [-0.2, -0.15) is 0 Å². The predicted molar refractivity (Wildman–Crippen MR) is 59.3 cm³/mol. The summed E-state index contributed by atoms with van der Waals surface area (Å²) in [5, 5.41) is 0. The summed E-state index contributed by atoms with van der Waals surface area (Å²) in [7, 11) is 0. The molecule has 1 aromatic carbocycles. The zero-order valence-electron chi connectivity index (χ0n) is 9.25. The zero-order chi connectivity index (χ0) is 11.7. The molecule has 2 N–H and O–H groups in total. The molecule has 0 aliphatic carbocycles. The fraction of sp³-hybridized carbons (Fsp3) is 0.250. The van der Waals surface area contributed by atoms with E-state index in [-0.39, 0.29) is 12.4 Å². The first-order chi connectivity index (χ1) is 7.61. The van der Waals surface area contributed by atoms with E-state index in [2.05, 4.69) is 4.98 Å². The summed E-state index contributed by atoms with van der Waals surface area (Å²) in [6, 6.07) is 4.84. The van der Waals surface area contributed by atoms with Gasteiger partial charge in [0, 0.05) is 5.56 Å². The normalized spacial score (nSPS) is 10.8. The molecule has 0 amide bonds. The molecule has 1 heterocycles. The van der Waals surface area contributed by atoms with Gasteiger partial charge in [-0.3, -0.25) is 0 Å². The lowest BCUT2D eigenvalue weighted by Crippen LogP contribution is -1.95. The number of nitrogens with zero attached hydrogens (tertiary/aromatic N) is 1. The van der Waals surface area contributed by atoms with Crippen LogP contribution in [0.2, 0.25) is 0 Å². The van der Waals surface area contributed by atoms with Crippen LogP contribution < -0.4 is 5.73 Å². The molecule has 0 saturated heterocycles. The van der Waals surface area contributed by atoms with Crippen molar-refractivity contribution in [3.8, 4) is 11.3 Å². The van der Waals surface area contributed by atoms with Gasteiger partial charge in [-0.05, 0) is 37.6 Å². The number of aromatic nitrogens is 1. The Balaban J connectivity index is 2.49. The first kappa shape index (κ1) is 10.8. The average molecular weight is 220 g/mol. The molecule has 0 radical (unpaired) electrons. The molecule has 16 heavy (non-hydrogen) atoms. The molecule has 1 aromatic heterocycles. The second-order valence-electron chi connectivity index (χ2n) is 3.69. The number of rotatable bonds is 2. The summed E-state index contributed by atoms with van der Waals surface area (Å²) in [6.45, 7) is 3.83. The maximum atomic E-state index is 13.1. The third kappa shape index (κ3) is 1.84. The van der Waals surface area contributed by atoms with Crippen molar-refractivity contribution in [2.45, 2.75) is 20.4 Å². The Bertz CT molecular complexity index is 520. The van der Waals surface area contributed by atoms with Crippen LogP contribution in [0.25, 0.3) is 11.3 Å². The summed E-state index contributed by atoms with van der Waals surface area (Å²) in [4.78, 5) is 4.17. The van der Waals surface area contributed by atoms with Crippen LogP contribution in [0.1, 0.15) is 17.1 Å². The first-order valence-electron chi connectivity index (χ1n) is 5.04. The largest absolute Gasteiger partial charge is 0.439 e. The van der Waals surface area contributed by atoms with Gasteiger partial charge in [0.05, 0.1) is 12.2 Å². The second kappa shape index (κ2) is 4.06. The van der Waals surface area contributed by atoms with Gasteiger partial charge in [0.2, 0.25) is 5.89 Å². The fourth-order valence-electron chi connectivity index (χ4n) is 1.59. The van der Waals surface area contributed by atoms with E-state index in [4.69, 9.17) is 10.2 Å². The van der Waals surface area contributed by atoms with E-state index in [9.17, 15) is 4.39 Å². The van der Waals surface area contributed by atoms with Crippen LogP contribution in [0.3, 0.4) is 0 Å². The molecule has 2 rings (SSSR count). The van der Waals surface area contributed by atoms with Gasteiger partial charge < -0.3 is 10.2 Å². The third-order valence-corrected chi connectivity index (χ3v) is 2.44. The number of halogens is 1. The van der Waals surface area contributed by atoms with Gasteiger partial charge in [0.1, 0.15) is 5.82 Å². The van der Waals surface area contributed by atoms with E-state index in [0.29, 0.717) is 17.2 Å². The van der Waals surface area contributed by atoms with E-state index in [1.807, 2.05) is 6.92 Å². The number of aryl methyl sites for hydroxylation is 2. The van der Waals surface area contributed by atoms with Gasteiger partial charge in [0.25, 0.3) is 0 Å². The Morgan fingerprint density at radius 1 is 1.38 bits per heavy atom. The van der Waals surface area contributed by atoms with Gasteiger partial charge in [-0.25, -0.2) is 9.37 Å². The average Bonchev–Trinajstić information content (AvgIpc) is 2.64. The van der Waals surface area contributed by atoms with Crippen LogP contribution in [-0.2, 0) is 6.54 Å². The van der Waals surface area contributed by atoms with Crippen molar-refractivity contribution in [2.75, 3.05) is 0 Å². The maximum absolute atomic E-state index is 13.1. The van der Waals surface area contributed by atoms with E-state index in [0.717, 1.165) is 11.3 Å². The van der Waals surface area contributed by atoms with Crippen molar-refractivity contribution in [2.24, 2.45) is 5.73 Å². The lowest BCUT2D eigenvalue weighted by Gasteiger charge is -2.00. The van der Waals surface area contributed by atoms with Gasteiger partial charge >= 0.3 is 0 Å². The van der Waals surface area contributed by atoms with Gasteiger partial charge in [-0.15, -0.1) is 0 Å². The Morgan fingerprint density at radius 2 is 2.12 bits per heavy atom.